The Kier molecular flexibility index (Phi) is 7.45. The molecule has 0 fully saturated rings. The Bertz CT molecular complexity index is 360. The molecule has 1 rings (SSSR count). The minimum absolute atomic E-state index is 0.170. The second kappa shape index (κ2) is 8.88. The molecule has 1 unspecified atom stereocenters. The third kappa shape index (κ3) is 5.17. The van der Waals surface area contributed by atoms with Gasteiger partial charge in [0.2, 0.25) is 0 Å². The molecular weight excluding hydrogens is 243 g/mol. The second-order valence-electron chi connectivity index (χ2n) is 4.60. The van der Waals surface area contributed by atoms with E-state index in [0.29, 0.717) is 12.3 Å². The number of hydrogen-bond acceptors (Lipinski definition) is 3. The number of rotatable bonds is 9. The van der Waals surface area contributed by atoms with Crippen LogP contribution in [0.2, 0.25) is 0 Å². The smallest absolute Gasteiger partial charge is 0.146 e. The van der Waals surface area contributed by atoms with Crippen molar-refractivity contribution in [1.29, 1.82) is 0 Å². The van der Waals surface area contributed by atoms with Gasteiger partial charge in [0.25, 0.3) is 0 Å². The molecule has 0 saturated carbocycles. The molecule has 1 atom stereocenters. The van der Waals surface area contributed by atoms with Gasteiger partial charge in [-0.25, -0.2) is 4.39 Å². The van der Waals surface area contributed by atoms with Crippen LogP contribution in [0.15, 0.2) is 24.3 Å². The minimum Gasteiger partial charge on any atom is -0.383 e. The number of likely N-dealkylation sites (N-methyl/N-ethyl adjacent to an activating group) is 1. The van der Waals surface area contributed by atoms with Crippen LogP contribution in [-0.4, -0.2) is 39.4 Å². The van der Waals surface area contributed by atoms with Crippen LogP contribution in [0.3, 0.4) is 0 Å². The van der Waals surface area contributed by atoms with E-state index in [2.05, 4.69) is 12.2 Å². The van der Waals surface area contributed by atoms with E-state index in [-0.39, 0.29) is 11.9 Å². The van der Waals surface area contributed by atoms with Crippen LogP contribution < -0.4 is 10.2 Å². The Morgan fingerprint density at radius 2 is 2.05 bits per heavy atom. The molecule has 19 heavy (non-hydrogen) atoms. The molecule has 0 bridgehead atoms. The van der Waals surface area contributed by atoms with Crippen LogP contribution in [0.4, 0.5) is 10.1 Å². The van der Waals surface area contributed by atoms with E-state index in [0.717, 1.165) is 26.1 Å². The van der Waals surface area contributed by atoms with Crippen molar-refractivity contribution >= 4 is 5.69 Å². The number of ether oxygens (including phenoxy) is 1. The molecule has 0 amide bonds. The van der Waals surface area contributed by atoms with Crippen LogP contribution in [0.5, 0.6) is 0 Å². The average Bonchev–Trinajstić information content (AvgIpc) is 2.43. The van der Waals surface area contributed by atoms with E-state index >= 15 is 0 Å². The third-order valence-electron chi connectivity index (χ3n) is 3.07. The van der Waals surface area contributed by atoms with Gasteiger partial charge in [-0.05, 0) is 32.0 Å². The van der Waals surface area contributed by atoms with Gasteiger partial charge in [0.1, 0.15) is 5.82 Å². The highest BCUT2D eigenvalue weighted by molar-refractivity contribution is 5.47. The molecule has 0 saturated heterocycles. The predicted octanol–water partition coefficient (Wildman–Crippen LogP) is 2.67. The summed E-state index contributed by atoms with van der Waals surface area (Å²) in [5.74, 6) is -0.170. The number of nitrogens with zero attached hydrogens (tertiary/aromatic N) is 1. The lowest BCUT2D eigenvalue weighted by Gasteiger charge is -2.29. The predicted molar refractivity (Wildman–Crippen MR) is 78.2 cm³/mol. The van der Waals surface area contributed by atoms with E-state index in [1.807, 2.05) is 24.0 Å². The van der Waals surface area contributed by atoms with Crippen LogP contribution >= 0.6 is 0 Å². The summed E-state index contributed by atoms with van der Waals surface area (Å²) >= 11 is 0. The molecule has 108 valence electrons. The fourth-order valence-corrected chi connectivity index (χ4v) is 2.10. The maximum atomic E-state index is 13.8. The number of anilines is 1. The molecule has 1 N–H and O–H groups in total. The summed E-state index contributed by atoms with van der Waals surface area (Å²) in [6, 6.07) is 7.12. The normalized spacial score (nSPS) is 12.4. The first kappa shape index (κ1) is 15.9. The highest BCUT2D eigenvalue weighted by Crippen LogP contribution is 2.18. The number of halogens is 1. The third-order valence-corrected chi connectivity index (χ3v) is 3.07. The van der Waals surface area contributed by atoms with Gasteiger partial charge in [-0.3, -0.25) is 0 Å². The molecule has 0 radical (unpaired) electrons. The summed E-state index contributed by atoms with van der Waals surface area (Å²) in [4.78, 5) is 2.04. The molecule has 0 aliphatic carbocycles. The lowest BCUT2D eigenvalue weighted by Crippen LogP contribution is -2.44. The van der Waals surface area contributed by atoms with Crippen LogP contribution in [0.25, 0.3) is 0 Å². The van der Waals surface area contributed by atoms with Gasteiger partial charge >= 0.3 is 0 Å². The van der Waals surface area contributed by atoms with Crippen LogP contribution in [-0.2, 0) is 4.74 Å². The summed E-state index contributed by atoms with van der Waals surface area (Å²) in [5.41, 5.74) is 0.657. The lowest BCUT2D eigenvalue weighted by molar-refractivity contribution is 0.168. The fraction of sp³-hybridized carbons (Fsp3) is 0.600. The van der Waals surface area contributed by atoms with Crippen LogP contribution in [0, 0.1) is 5.82 Å². The molecule has 1 aromatic carbocycles. The maximum Gasteiger partial charge on any atom is 0.146 e. The highest BCUT2D eigenvalue weighted by atomic mass is 19.1. The van der Waals surface area contributed by atoms with Gasteiger partial charge in [-0.1, -0.05) is 19.1 Å². The van der Waals surface area contributed by atoms with E-state index in [9.17, 15) is 4.39 Å². The zero-order chi connectivity index (χ0) is 14.1. The molecule has 0 spiro atoms. The maximum absolute atomic E-state index is 13.8. The van der Waals surface area contributed by atoms with E-state index in [1.165, 1.54) is 6.07 Å². The Morgan fingerprint density at radius 1 is 1.32 bits per heavy atom. The van der Waals surface area contributed by atoms with Crippen molar-refractivity contribution in [3.8, 4) is 0 Å². The summed E-state index contributed by atoms with van der Waals surface area (Å²) < 4.78 is 19.1. The van der Waals surface area contributed by atoms with Crippen molar-refractivity contribution in [3.63, 3.8) is 0 Å². The largest absolute Gasteiger partial charge is 0.383 e. The van der Waals surface area contributed by atoms with E-state index in [4.69, 9.17) is 4.74 Å². The molecule has 0 heterocycles. The quantitative estimate of drug-likeness (QED) is 0.745. The van der Waals surface area contributed by atoms with E-state index in [1.54, 1.807) is 13.2 Å². The molecular formula is C15H25FN2O. The summed E-state index contributed by atoms with van der Waals surface area (Å²) in [7, 11) is 1.69. The minimum atomic E-state index is -0.170. The Hall–Kier alpha value is -1.13. The molecule has 0 aliphatic rings. The van der Waals surface area contributed by atoms with Crippen molar-refractivity contribution < 1.29 is 9.13 Å². The standard InChI is InChI=1S/C15H25FN2O/c1-4-10-17-13(12-19-3)11-18(5-2)15-9-7-6-8-14(15)16/h6-9,13,17H,4-5,10-12H2,1-3H3. The van der Waals surface area contributed by atoms with Gasteiger partial charge in [0, 0.05) is 26.2 Å². The van der Waals surface area contributed by atoms with Gasteiger partial charge in [-0.15, -0.1) is 0 Å². The number of para-hydroxylation sites is 1. The van der Waals surface area contributed by atoms with E-state index < -0.39 is 0 Å². The van der Waals surface area contributed by atoms with Crippen molar-refractivity contribution in [2.45, 2.75) is 26.3 Å². The topological polar surface area (TPSA) is 24.5 Å². The number of hydrogen-bond donors (Lipinski definition) is 1. The Balaban J connectivity index is 2.70. The van der Waals surface area contributed by atoms with Crippen molar-refractivity contribution in [1.82, 2.24) is 5.32 Å². The van der Waals surface area contributed by atoms with Crippen LogP contribution in [0.1, 0.15) is 20.3 Å². The van der Waals surface area contributed by atoms with Gasteiger partial charge in [-0.2, -0.15) is 0 Å². The average molecular weight is 268 g/mol. The zero-order valence-corrected chi connectivity index (χ0v) is 12.2. The van der Waals surface area contributed by atoms with Crippen molar-refractivity contribution in [3.05, 3.63) is 30.1 Å². The summed E-state index contributed by atoms with van der Waals surface area (Å²) in [6.07, 6.45) is 1.08. The molecule has 3 nitrogen and oxygen atoms in total. The van der Waals surface area contributed by atoms with Gasteiger partial charge < -0.3 is 15.0 Å². The fourth-order valence-electron chi connectivity index (χ4n) is 2.10. The SMILES string of the molecule is CCCNC(COC)CN(CC)c1ccccc1F. The first-order chi connectivity index (χ1) is 9.22. The monoisotopic (exact) mass is 268 g/mol. The molecule has 1 aromatic rings. The van der Waals surface area contributed by atoms with Gasteiger partial charge in [0.05, 0.1) is 12.3 Å². The molecule has 0 aromatic heterocycles. The van der Waals surface area contributed by atoms with Gasteiger partial charge in [0.15, 0.2) is 0 Å². The van der Waals surface area contributed by atoms with Crippen molar-refractivity contribution in [2.75, 3.05) is 38.3 Å². The number of nitrogens with one attached hydrogen (secondary N) is 1. The molecule has 4 heteroatoms. The highest BCUT2D eigenvalue weighted by Gasteiger charge is 2.15. The zero-order valence-electron chi connectivity index (χ0n) is 12.2. The lowest BCUT2D eigenvalue weighted by atomic mass is 10.2. The number of methoxy groups -OCH3 is 1. The first-order valence-electron chi connectivity index (χ1n) is 6.94. The molecule has 0 aliphatic heterocycles. The van der Waals surface area contributed by atoms with Crippen molar-refractivity contribution in [2.24, 2.45) is 0 Å². The first-order valence-corrected chi connectivity index (χ1v) is 6.94. The second-order valence-corrected chi connectivity index (χ2v) is 4.60. The summed E-state index contributed by atoms with van der Waals surface area (Å²) in [6.45, 7) is 7.26. The Labute approximate surface area is 115 Å². The Morgan fingerprint density at radius 3 is 2.63 bits per heavy atom. The summed E-state index contributed by atoms with van der Waals surface area (Å²) in [5, 5.41) is 3.44. The number of benzene rings is 1.